The SMILES string of the molecule is C[C@H]1[C@@H](NC(=Nc2ccc3c(c2)C(=O)N(CCc2ccc(Cl)cc2Cl)C3=O)N2CCN[C@@H](C)C2)C[C@@H]2C[C@@H]1C2(C)C. The lowest BCUT2D eigenvalue weighted by atomic mass is 9.45. The van der Waals surface area contributed by atoms with Gasteiger partial charge in [0, 0.05) is 48.3 Å². The number of amides is 2. The predicted octanol–water partition coefficient (Wildman–Crippen LogP) is 5.77. The summed E-state index contributed by atoms with van der Waals surface area (Å²) in [5, 5.41) is 8.45. The van der Waals surface area contributed by atoms with Crippen LogP contribution in [-0.2, 0) is 6.42 Å². The first-order valence-corrected chi connectivity index (χ1v) is 15.6. The van der Waals surface area contributed by atoms with Gasteiger partial charge in [0.25, 0.3) is 11.8 Å². The molecule has 2 aromatic carbocycles. The Balaban J connectivity index is 1.23. The van der Waals surface area contributed by atoms with E-state index in [1.165, 1.54) is 11.3 Å². The minimum Gasteiger partial charge on any atom is -0.353 e. The number of nitrogens with zero attached hydrogens (tertiary/aromatic N) is 3. The Bertz CT molecular complexity index is 1410. The zero-order valence-electron chi connectivity index (χ0n) is 24.2. The molecular formula is C32H39Cl2N5O2. The van der Waals surface area contributed by atoms with Crippen molar-refractivity contribution in [3.05, 3.63) is 63.1 Å². The minimum atomic E-state index is -0.291. The molecule has 2 bridgehead atoms. The molecule has 4 fully saturated rings. The number of nitrogens with one attached hydrogen (secondary N) is 2. The zero-order valence-corrected chi connectivity index (χ0v) is 25.7. The highest BCUT2D eigenvalue weighted by atomic mass is 35.5. The molecule has 2 aliphatic heterocycles. The second-order valence-electron chi connectivity index (χ2n) is 12.9. The van der Waals surface area contributed by atoms with E-state index >= 15 is 0 Å². The van der Waals surface area contributed by atoms with Gasteiger partial charge in [0.1, 0.15) is 0 Å². The summed E-state index contributed by atoms with van der Waals surface area (Å²) in [6.45, 7) is 12.3. The van der Waals surface area contributed by atoms with Gasteiger partial charge in [-0.2, -0.15) is 0 Å². The molecule has 2 heterocycles. The van der Waals surface area contributed by atoms with Crippen LogP contribution in [0.2, 0.25) is 10.0 Å². The average molecular weight is 597 g/mol. The molecule has 3 saturated carbocycles. The summed E-state index contributed by atoms with van der Waals surface area (Å²) < 4.78 is 0. The second kappa shape index (κ2) is 10.9. The topological polar surface area (TPSA) is 77.0 Å². The number of fused-ring (bicyclic) bond motifs is 3. The van der Waals surface area contributed by atoms with Gasteiger partial charge in [-0.3, -0.25) is 14.5 Å². The fourth-order valence-corrected chi connectivity index (χ4v) is 7.96. The zero-order chi connectivity index (χ0) is 29.1. The van der Waals surface area contributed by atoms with Gasteiger partial charge >= 0.3 is 0 Å². The first-order valence-electron chi connectivity index (χ1n) is 14.8. The van der Waals surface area contributed by atoms with Crippen molar-refractivity contribution in [3.8, 4) is 0 Å². The summed E-state index contributed by atoms with van der Waals surface area (Å²) in [6.07, 6.45) is 2.93. The van der Waals surface area contributed by atoms with Crippen molar-refractivity contribution in [1.29, 1.82) is 0 Å². The van der Waals surface area contributed by atoms with E-state index in [9.17, 15) is 9.59 Å². The van der Waals surface area contributed by atoms with E-state index in [0.29, 0.717) is 56.7 Å². The van der Waals surface area contributed by atoms with Crippen molar-refractivity contribution in [2.45, 2.75) is 59.0 Å². The Morgan fingerprint density at radius 2 is 1.85 bits per heavy atom. The summed E-state index contributed by atoms with van der Waals surface area (Å²) in [7, 11) is 0. The molecule has 2 N–H and O–H groups in total. The molecule has 0 spiro atoms. The second-order valence-corrected chi connectivity index (χ2v) is 13.8. The molecule has 0 radical (unpaired) electrons. The number of halogens is 2. The molecule has 7 rings (SSSR count). The molecule has 0 unspecified atom stereocenters. The van der Waals surface area contributed by atoms with Gasteiger partial charge in [0.15, 0.2) is 5.96 Å². The Morgan fingerprint density at radius 1 is 1.07 bits per heavy atom. The highest BCUT2D eigenvalue weighted by molar-refractivity contribution is 6.35. The van der Waals surface area contributed by atoms with E-state index in [1.807, 2.05) is 12.1 Å². The van der Waals surface area contributed by atoms with E-state index in [1.54, 1.807) is 24.3 Å². The lowest BCUT2D eigenvalue weighted by molar-refractivity contribution is -0.112. The van der Waals surface area contributed by atoms with Crippen molar-refractivity contribution < 1.29 is 9.59 Å². The van der Waals surface area contributed by atoms with Crippen LogP contribution in [0.5, 0.6) is 0 Å². The number of carbonyl (C=O) groups excluding carboxylic acids is 2. The van der Waals surface area contributed by atoms with E-state index in [-0.39, 0.29) is 18.4 Å². The largest absolute Gasteiger partial charge is 0.353 e. The predicted molar refractivity (Wildman–Crippen MR) is 164 cm³/mol. The number of aliphatic imine (C=N–C) groups is 1. The molecule has 5 aliphatic rings. The third-order valence-corrected chi connectivity index (χ3v) is 10.7. The Kier molecular flexibility index (Phi) is 7.58. The van der Waals surface area contributed by atoms with Crippen LogP contribution in [0.15, 0.2) is 41.4 Å². The fourth-order valence-electron chi connectivity index (χ4n) is 7.46. The van der Waals surface area contributed by atoms with Crippen LogP contribution in [-0.4, -0.2) is 65.8 Å². The number of guanidine groups is 1. The number of piperazine rings is 1. The van der Waals surface area contributed by atoms with Gasteiger partial charge in [-0.15, -0.1) is 0 Å². The fraction of sp³-hybridized carbons (Fsp3) is 0.531. The van der Waals surface area contributed by atoms with Gasteiger partial charge in [0.2, 0.25) is 0 Å². The molecule has 1 saturated heterocycles. The Morgan fingerprint density at radius 3 is 2.56 bits per heavy atom. The maximum absolute atomic E-state index is 13.4. The van der Waals surface area contributed by atoms with Crippen molar-refractivity contribution in [3.63, 3.8) is 0 Å². The van der Waals surface area contributed by atoms with Crippen LogP contribution < -0.4 is 10.6 Å². The van der Waals surface area contributed by atoms with Crippen molar-refractivity contribution in [2.24, 2.45) is 28.2 Å². The van der Waals surface area contributed by atoms with Gasteiger partial charge in [-0.05, 0) is 85.3 Å². The van der Waals surface area contributed by atoms with Crippen LogP contribution in [0.25, 0.3) is 0 Å². The summed E-state index contributed by atoms with van der Waals surface area (Å²) in [5.74, 6) is 2.31. The minimum absolute atomic E-state index is 0.246. The van der Waals surface area contributed by atoms with Crippen molar-refractivity contribution in [2.75, 3.05) is 26.2 Å². The lowest BCUT2D eigenvalue weighted by Gasteiger charge is -2.62. The van der Waals surface area contributed by atoms with Crippen LogP contribution in [0.1, 0.15) is 66.8 Å². The Hall–Kier alpha value is -2.61. The maximum atomic E-state index is 13.4. The lowest BCUT2D eigenvalue weighted by Crippen LogP contribution is -2.63. The third kappa shape index (κ3) is 5.26. The number of imide groups is 1. The van der Waals surface area contributed by atoms with Crippen LogP contribution in [0.3, 0.4) is 0 Å². The molecule has 2 aromatic rings. The maximum Gasteiger partial charge on any atom is 0.261 e. The summed E-state index contributed by atoms with van der Waals surface area (Å²) in [6, 6.07) is 11.3. The molecule has 41 heavy (non-hydrogen) atoms. The van der Waals surface area contributed by atoms with Crippen LogP contribution >= 0.6 is 23.2 Å². The summed E-state index contributed by atoms with van der Waals surface area (Å²) >= 11 is 12.3. The summed E-state index contributed by atoms with van der Waals surface area (Å²) in [4.78, 5) is 35.3. The molecule has 3 aliphatic carbocycles. The normalized spacial score (nSPS) is 28.9. The first-order chi connectivity index (χ1) is 19.5. The number of hydrogen-bond acceptors (Lipinski definition) is 4. The van der Waals surface area contributed by atoms with E-state index in [4.69, 9.17) is 28.2 Å². The van der Waals surface area contributed by atoms with Gasteiger partial charge in [-0.25, -0.2) is 4.99 Å². The smallest absolute Gasteiger partial charge is 0.261 e. The quantitative estimate of drug-likeness (QED) is 0.260. The van der Waals surface area contributed by atoms with Gasteiger partial charge < -0.3 is 15.5 Å². The van der Waals surface area contributed by atoms with Crippen molar-refractivity contribution >= 4 is 46.7 Å². The third-order valence-electron chi connectivity index (χ3n) is 10.1. The Labute approximate surface area is 252 Å². The highest BCUT2D eigenvalue weighted by Gasteiger charge is 2.56. The summed E-state index contributed by atoms with van der Waals surface area (Å²) in [5.41, 5.74) is 2.76. The molecule has 2 amide bonds. The molecule has 0 aromatic heterocycles. The molecule has 7 nitrogen and oxygen atoms in total. The first kappa shape index (κ1) is 28.5. The van der Waals surface area contributed by atoms with Gasteiger partial charge in [-0.1, -0.05) is 50.0 Å². The van der Waals surface area contributed by atoms with Gasteiger partial charge in [0.05, 0.1) is 16.8 Å². The van der Waals surface area contributed by atoms with E-state index < -0.39 is 0 Å². The monoisotopic (exact) mass is 595 g/mol. The van der Waals surface area contributed by atoms with E-state index in [0.717, 1.165) is 49.4 Å². The van der Waals surface area contributed by atoms with Crippen LogP contribution in [0.4, 0.5) is 5.69 Å². The highest BCUT2D eigenvalue weighted by Crippen LogP contribution is 2.61. The standard InChI is InChI=1S/C32H39Cl2N5O2/c1-18-17-38(12-10-35-18)31(37-28-14-21-13-26(19(28)2)32(21,3)4)36-23-7-8-24-25(16-23)30(41)39(29(24)40)11-9-20-5-6-22(33)15-27(20)34/h5-8,15-16,18-19,21,26,28,35H,9-14,17H2,1-4H3,(H,36,37)/t18-,19+,21-,26-,28-/m0/s1. The average Bonchev–Trinajstić information content (AvgIpc) is 3.17. The number of hydrogen-bond donors (Lipinski definition) is 2. The molecular weight excluding hydrogens is 557 g/mol. The van der Waals surface area contributed by atoms with Crippen molar-refractivity contribution in [1.82, 2.24) is 20.4 Å². The van der Waals surface area contributed by atoms with Crippen LogP contribution in [0, 0.1) is 23.2 Å². The number of rotatable bonds is 5. The number of benzene rings is 2. The molecule has 9 heteroatoms. The van der Waals surface area contributed by atoms with E-state index in [2.05, 4.69) is 43.2 Å². The molecule has 218 valence electrons. The molecule has 5 atom stereocenters. The number of carbonyl (C=O) groups is 2.